The van der Waals surface area contributed by atoms with E-state index < -0.39 is 35.0 Å². The van der Waals surface area contributed by atoms with E-state index in [1.165, 1.54) is 7.11 Å². The number of carbonyl (C=O) groups is 2. The zero-order valence-corrected chi connectivity index (χ0v) is 11.9. The van der Waals surface area contributed by atoms with Crippen LogP contribution in [-0.2, 0) is 24.3 Å². The van der Waals surface area contributed by atoms with Gasteiger partial charge in [0.15, 0.2) is 0 Å². The smallest absolute Gasteiger partial charge is 0.323 e. The molecule has 9 heteroatoms. The Morgan fingerprint density at radius 2 is 2.00 bits per heavy atom. The van der Waals surface area contributed by atoms with Gasteiger partial charge in [-0.2, -0.15) is 0 Å². The predicted octanol–water partition coefficient (Wildman–Crippen LogP) is -1.12. The molecule has 0 aliphatic rings. The molecular formula is C10H20N2O6S. The van der Waals surface area contributed by atoms with Crippen molar-refractivity contribution < 1.29 is 27.9 Å². The predicted molar refractivity (Wildman–Crippen MR) is 68.2 cm³/mol. The number of ether oxygens (including phenoxy) is 1. The summed E-state index contributed by atoms with van der Waals surface area (Å²) in [7, 11) is -2.08. The molecule has 0 aromatic rings. The molecule has 0 unspecified atom stereocenters. The first-order valence-corrected chi connectivity index (χ1v) is 7.43. The molecule has 0 aliphatic carbocycles. The van der Waals surface area contributed by atoms with Crippen LogP contribution in [0.15, 0.2) is 0 Å². The Labute approximate surface area is 112 Å². The molecule has 0 saturated heterocycles. The van der Waals surface area contributed by atoms with E-state index >= 15 is 0 Å². The van der Waals surface area contributed by atoms with Crippen LogP contribution in [0.3, 0.4) is 0 Å². The summed E-state index contributed by atoms with van der Waals surface area (Å²) in [6.45, 7) is 1.26. The fraction of sp³-hybridized carbons (Fsp3) is 0.800. The summed E-state index contributed by atoms with van der Waals surface area (Å²) in [6.07, 6.45) is 0.326. The van der Waals surface area contributed by atoms with Crippen molar-refractivity contribution in [2.75, 3.05) is 39.1 Å². The molecule has 19 heavy (non-hydrogen) atoms. The van der Waals surface area contributed by atoms with Gasteiger partial charge in [-0.3, -0.25) is 9.59 Å². The maximum absolute atomic E-state index is 11.6. The molecule has 0 bridgehead atoms. The lowest BCUT2D eigenvalue weighted by Gasteiger charge is -2.18. The number of sulfonamides is 1. The minimum atomic E-state index is -3.54. The van der Waals surface area contributed by atoms with Crippen molar-refractivity contribution in [2.24, 2.45) is 0 Å². The standard InChI is InChI=1S/C10H20N2O6S/c1-3-12(8-10(14)15)9(13)7-11-19(16,17)6-4-5-18-2/h11H,3-8H2,1-2H3,(H,14,15). The molecule has 0 aliphatic heterocycles. The van der Waals surface area contributed by atoms with Gasteiger partial charge in [0, 0.05) is 20.3 Å². The van der Waals surface area contributed by atoms with Crippen molar-refractivity contribution in [3.05, 3.63) is 0 Å². The Morgan fingerprint density at radius 1 is 1.37 bits per heavy atom. The number of carboxylic acid groups (broad SMARTS) is 1. The molecule has 0 heterocycles. The third-order valence-corrected chi connectivity index (χ3v) is 3.68. The van der Waals surface area contributed by atoms with Crippen molar-refractivity contribution in [1.82, 2.24) is 9.62 Å². The second-order valence-electron chi connectivity index (χ2n) is 3.79. The van der Waals surface area contributed by atoms with Gasteiger partial charge in [0.05, 0.1) is 12.3 Å². The molecule has 2 N–H and O–H groups in total. The van der Waals surface area contributed by atoms with Crippen molar-refractivity contribution in [2.45, 2.75) is 13.3 Å². The number of likely N-dealkylation sites (N-methyl/N-ethyl adjacent to an activating group) is 1. The van der Waals surface area contributed by atoms with Gasteiger partial charge in [0.25, 0.3) is 0 Å². The molecule has 0 fully saturated rings. The summed E-state index contributed by atoms with van der Waals surface area (Å²) in [5.74, 6) is -1.85. The zero-order valence-electron chi connectivity index (χ0n) is 11.1. The van der Waals surface area contributed by atoms with E-state index in [0.29, 0.717) is 13.0 Å². The number of nitrogens with one attached hydrogen (secondary N) is 1. The molecule has 0 atom stereocenters. The molecular weight excluding hydrogens is 276 g/mol. The number of carbonyl (C=O) groups excluding carboxylic acids is 1. The van der Waals surface area contributed by atoms with Crippen molar-refractivity contribution in [3.8, 4) is 0 Å². The Kier molecular flexibility index (Phi) is 8.28. The molecule has 0 radical (unpaired) electrons. The molecule has 0 saturated carbocycles. The van der Waals surface area contributed by atoms with Gasteiger partial charge in [0.2, 0.25) is 15.9 Å². The topological polar surface area (TPSA) is 113 Å². The Hall–Kier alpha value is -1.19. The van der Waals surface area contributed by atoms with E-state index in [9.17, 15) is 18.0 Å². The van der Waals surface area contributed by atoms with E-state index in [0.717, 1.165) is 4.90 Å². The summed E-state index contributed by atoms with van der Waals surface area (Å²) in [6, 6.07) is 0. The lowest BCUT2D eigenvalue weighted by atomic mass is 10.4. The molecule has 0 aromatic carbocycles. The fourth-order valence-electron chi connectivity index (χ4n) is 1.29. The molecule has 112 valence electrons. The third-order valence-electron chi connectivity index (χ3n) is 2.27. The molecule has 0 aromatic heterocycles. The Balaban J connectivity index is 4.22. The van der Waals surface area contributed by atoms with Crippen LogP contribution < -0.4 is 4.72 Å². The number of hydrogen-bond acceptors (Lipinski definition) is 5. The first kappa shape index (κ1) is 17.8. The lowest BCUT2D eigenvalue weighted by molar-refractivity contribution is -0.143. The summed E-state index contributed by atoms with van der Waals surface area (Å²) >= 11 is 0. The summed E-state index contributed by atoms with van der Waals surface area (Å²) in [5.41, 5.74) is 0. The summed E-state index contributed by atoms with van der Waals surface area (Å²) in [5, 5.41) is 8.59. The number of aliphatic carboxylic acids is 1. The van der Waals surface area contributed by atoms with Gasteiger partial charge in [0.1, 0.15) is 6.54 Å². The van der Waals surface area contributed by atoms with Gasteiger partial charge in [-0.25, -0.2) is 13.1 Å². The number of nitrogens with zero attached hydrogens (tertiary/aromatic N) is 1. The number of amides is 1. The Bertz CT molecular complexity index is 395. The minimum absolute atomic E-state index is 0.140. The van der Waals surface area contributed by atoms with Gasteiger partial charge in [-0.1, -0.05) is 0 Å². The van der Waals surface area contributed by atoms with Crippen molar-refractivity contribution in [3.63, 3.8) is 0 Å². The number of carboxylic acids is 1. The number of rotatable bonds is 10. The minimum Gasteiger partial charge on any atom is -0.480 e. The SMILES string of the molecule is CCN(CC(=O)O)C(=O)CNS(=O)(=O)CCCOC. The van der Waals surface area contributed by atoms with Gasteiger partial charge in [-0.15, -0.1) is 0 Å². The first-order valence-electron chi connectivity index (χ1n) is 5.78. The van der Waals surface area contributed by atoms with E-state index in [-0.39, 0.29) is 12.3 Å². The molecule has 0 spiro atoms. The average molecular weight is 296 g/mol. The number of hydrogen-bond donors (Lipinski definition) is 2. The van der Waals surface area contributed by atoms with Crippen LogP contribution in [0.25, 0.3) is 0 Å². The van der Waals surface area contributed by atoms with Crippen LogP contribution in [0.5, 0.6) is 0 Å². The second kappa shape index (κ2) is 8.83. The normalized spacial score (nSPS) is 11.3. The highest BCUT2D eigenvalue weighted by molar-refractivity contribution is 7.89. The van der Waals surface area contributed by atoms with E-state index in [4.69, 9.17) is 9.84 Å². The summed E-state index contributed by atoms with van der Waals surface area (Å²) < 4.78 is 29.8. The molecule has 8 nitrogen and oxygen atoms in total. The van der Waals surface area contributed by atoms with Crippen LogP contribution in [0, 0.1) is 0 Å². The molecule has 0 rings (SSSR count). The number of methoxy groups -OCH3 is 1. The van der Waals surface area contributed by atoms with Crippen LogP contribution in [0.2, 0.25) is 0 Å². The third kappa shape index (κ3) is 8.51. The zero-order chi connectivity index (χ0) is 14.9. The quantitative estimate of drug-likeness (QED) is 0.493. The van der Waals surface area contributed by atoms with Gasteiger partial charge < -0.3 is 14.7 Å². The second-order valence-corrected chi connectivity index (χ2v) is 5.71. The maximum Gasteiger partial charge on any atom is 0.323 e. The fourth-order valence-corrected chi connectivity index (χ4v) is 2.27. The van der Waals surface area contributed by atoms with Gasteiger partial charge >= 0.3 is 5.97 Å². The van der Waals surface area contributed by atoms with E-state index in [1.54, 1.807) is 6.92 Å². The highest BCUT2D eigenvalue weighted by atomic mass is 32.2. The molecule has 1 amide bonds. The van der Waals surface area contributed by atoms with Crippen LogP contribution in [0.4, 0.5) is 0 Å². The lowest BCUT2D eigenvalue weighted by Crippen LogP contribution is -2.42. The van der Waals surface area contributed by atoms with Gasteiger partial charge in [-0.05, 0) is 13.3 Å². The average Bonchev–Trinajstić information content (AvgIpc) is 2.33. The van der Waals surface area contributed by atoms with Crippen LogP contribution in [0.1, 0.15) is 13.3 Å². The van der Waals surface area contributed by atoms with Crippen molar-refractivity contribution >= 4 is 21.9 Å². The van der Waals surface area contributed by atoms with Crippen LogP contribution in [-0.4, -0.2) is 69.4 Å². The van der Waals surface area contributed by atoms with Crippen LogP contribution >= 0.6 is 0 Å². The Morgan fingerprint density at radius 3 is 2.47 bits per heavy atom. The monoisotopic (exact) mass is 296 g/mol. The van der Waals surface area contributed by atoms with E-state index in [1.807, 2.05) is 0 Å². The van der Waals surface area contributed by atoms with Crippen molar-refractivity contribution in [1.29, 1.82) is 0 Å². The first-order chi connectivity index (χ1) is 8.82. The summed E-state index contributed by atoms with van der Waals surface area (Å²) in [4.78, 5) is 23.2. The highest BCUT2D eigenvalue weighted by Crippen LogP contribution is 1.93. The van der Waals surface area contributed by atoms with E-state index in [2.05, 4.69) is 4.72 Å². The maximum atomic E-state index is 11.6. The largest absolute Gasteiger partial charge is 0.480 e. The highest BCUT2D eigenvalue weighted by Gasteiger charge is 2.17.